The summed E-state index contributed by atoms with van der Waals surface area (Å²) in [5.74, 6) is -1.32. The molecule has 0 radical (unpaired) electrons. The lowest BCUT2D eigenvalue weighted by Crippen LogP contribution is -2.15. The average molecular weight is 1060 g/mol. The van der Waals surface area contributed by atoms with Gasteiger partial charge >= 0.3 is 0 Å². The van der Waals surface area contributed by atoms with E-state index in [2.05, 4.69) is 35.9 Å². The molecule has 18 nitrogen and oxygen atoms in total. The van der Waals surface area contributed by atoms with Crippen LogP contribution in [0.15, 0.2) is 91.9 Å². The second-order valence-electron chi connectivity index (χ2n) is 20.2. The maximum atomic E-state index is 13.8. The first kappa shape index (κ1) is 50.1. The maximum absolute atomic E-state index is 13.8. The van der Waals surface area contributed by atoms with Gasteiger partial charge in [0.2, 0.25) is 29.5 Å². The van der Waals surface area contributed by atoms with E-state index in [9.17, 15) is 27.6 Å². The molecule has 0 bridgehead atoms. The van der Waals surface area contributed by atoms with Crippen molar-refractivity contribution in [2.45, 2.75) is 70.4 Å². The van der Waals surface area contributed by atoms with Gasteiger partial charge in [0.15, 0.2) is 0 Å². The second kappa shape index (κ2) is 20.3. The molecular formula is C57H54F3N13O5. The molecule has 3 saturated carbocycles. The second-order valence-corrected chi connectivity index (χ2v) is 20.2. The minimum absolute atomic E-state index is 0.188. The van der Waals surface area contributed by atoms with Gasteiger partial charge in [-0.3, -0.25) is 19.4 Å². The number of alkyl halides is 3. The Hall–Kier alpha value is -8.75. The number of nitrogens with zero attached hydrogens (tertiary/aromatic N) is 10. The van der Waals surface area contributed by atoms with Crippen LogP contribution in [0, 0.1) is 17.8 Å². The Morgan fingerprint density at radius 3 is 1.58 bits per heavy atom. The van der Waals surface area contributed by atoms with E-state index < -0.39 is 42.2 Å². The van der Waals surface area contributed by atoms with Crippen molar-refractivity contribution in [1.29, 1.82) is 0 Å². The summed E-state index contributed by atoms with van der Waals surface area (Å²) >= 11 is 0. The summed E-state index contributed by atoms with van der Waals surface area (Å²) in [7, 11) is 5.80. The van der Waals surface area contributed by atoms with Gasteiger partial charge < -0.3 is 39.1 Å². The van der Waals surface area contributed by atoms with Crippen LogP contribution in [0.2, 0.25) is 0 Å². The fourth-order valence-corrected chi connectivity index (χ4v) is 10.3. The van der Waals surface area contributed by atoms with E-state index in [0.717, 1.165) is 77.9 Å². The van der Waals surface area contributed by atoms with Gasteiger partial charge in [-0.2, -0.15) is 0 Å². The summed E-state index contributed by atoms with van der Waals surface area (Å²) in [5.41, 5.74) is 9.74. The predicted octanol–water partition coefficient (Wildman–Crippen LogP) is 9.01. The Bertz CT molecular complexity index is 3860. The number of fused-ring (bicyclic) bond motifs is 3. The van der Waals surface area contributed by atoms with E-state index in [1.54, 1.807) is 49.2 Å². The molecule has 0 saturated heterocycles. The molecule has 6 unspecified atom stereocenters. The summed E-state index contributed by atoms with van der Waals surface area (Å²) in [6.45, 7) is 2.45. The van der Waals surface area contributed by atoms with Crippen molar-refractivity contribution in [2.75, 3.05) is 29.2 Å². The quantitative estimate of drug-likeness (QED) is 0.0693. The predicted molar refractivity (Wildman–Crippen MR) is 287 cm³/mol. The van der Waals surface area contributed by atoms with E-state index in [-0.39, 0.29) is 37.7 Å². The molecule has 0 spiro atoms. The summed E-state index contributed by atoms with van der Waals surface area (Å²) in [6.07, 6.45) is 9.42. The number of carbonyl (C=O) groups is 3. The molecule has 0 aromatic carbocycles. The standard InChI is InChI=1S/C57H54F3N13O5/c1-5-77-56-51(43-17-31-20-49(64-26-46(31)72(43)3)69-54(75)35-23-38(35)59)29(11-14-62-56)12-15-78-57-52(44-18-32-21-50(65-27-47(32)73(44)4)70-55(76)36-24-39(36)60)41(66-28-67-57)10-6-9-40-33(8-7-13-61-40)42-16-30-19-48(63-25-45(30)71(42)2)68-53(74)34-22-37(34)58/h7-8,11,13-14,16-21,25-28,34-39H,5-6,9-10,12,15,22-24H2,1-4H3,(H,63,68,74)(H,64,69,75)(H,65,70,76). The Morgan fingerprint density at radius 2 is 1.05 bits per heavy atom. The van der Waals surface area contributed by atoms with Crippen LogP contribution in [-0.4, -0.2) is 98.0 Å². The smallest absolute Gasteiger partial charge is 0.231 e. The monoisotopic (exact) mass is 1060 g/mol. The number of hydrogen-bond acceptors (Lipinski definition) is 12. The van der Waals surface area contributed by atoms with Gasteiger partial charge in [0, 0.05) is 67.4 Å². The minimum Gasteiger partial charge on any atom is -0.477 e. The molecule has 12 rings (SSSR count). The molecule has 9 aromatic heterocycles. The van der Waals surface area contributed by atoms with Gasteiger partial charge in [0.25, 0.3) is 0 Å². The van der Waals surface area contributed by atoms with Crippen molar-refractivity contribution in [2.24, 2.45) is 38.9 Å². The highest BCUT2D eigenvalue weighted by atomic mass is 19.1. The topological polar surface area (TPSA) is 211 Å². The highest BCUT2D eigenvalue weighted by molar-refractivity contribution is 5.99. The molecule has 3 aliphatic carbocycles. The number of rotatable bonds is 19. The molecule has 9 heterocycles. The van der Waals surface area contributed by atoms with Gasteiger partial charge in [-0.25, -0.2) is 43.1 Å². The van der Waals surface area contributed by atoms with Crippen molar-refractivity contribution < 1.29 is 37.0 Å². The van der Waals surface area contributed by atoms with E-state index >= 15 is 0 Å². The third-order valence-electron chi connectivity index (χ3n) is 15.0. The van der Waals surface area contributed by atoms with Crippen molar-refractivity contribution in [3.63, 3.8) is 0 Å². The van der Waals surface area contributed by atoms with Gasteiger partial charge in [0.05, 0.1) is 100 Å². The van der Waals surface area contributed by atoms with Crippen LogP contribution in [0.25, 0.3) is 66.5 Å². The van der Waals surface area contributed by atoms with Crippen molar-refractivity contribution in [3.8, 4) is 45.5 Å². The Labute approximate surface area is 444 Å². The van der Waals surface area contributed by atoms with E-state index in [0.29, 0.717) is 67.1 Å². The number of halogens is 3. The van der Waals surface area contributed by atoms with Crippen LogP contribution in [0.5, 0.6) is 11.8 Å². The number of anilines is 3. The summed E-state index contributed by atoms with van der Waals surface area (Å²) in [4.78, 5) is 70.3. The number of ether oxygens (including phenoxy) is 2. The fraction of sp³-hybridized carbons (Fsp3) is 0.333. The number of nitrogens with one attached hydrogen (secondary N) is 3. The third-order valence-corrected chi connectivity index (χ3v) is 15.0. The summed E-state index contributed by atoms with van der Waals surface area (Å²) < 4.78 is 60.0. The molecule has 21 heteroatoms. The highest BCUT2D eigenvalue weighted by Crippen LogP contribution is 2.41. The Kier molecular flexibility index (Phi) is 13.0. The molecule has 9 aromatic rings. The number of hydrogen-bond donors (Lipinski definition) is 3. The molecule has 3 amide bonds. The van der Waals surface area contributed by atoms with E-state index in [4.69, 9.17) is 24.4 Å². The zero-order valence-corrected chi connectivity index (χ0v) is 43.1. The maximum Gasteiger partial charge on any atom is 0.231 e. The molecule has 6 atom stereocenters. The summed E-state index contributed by atoms with van der Waals surface area (Å²) in [6, 6.07) is 17.2. The fourth-order valence-electron chi connectivity index (χ4n) is 10.3. The first-order valence-electron chi connectivity index (χ1n) is 26.0. The van der Waals surface area contributed by atoms with Crippen molar-refractivity contribution in [3.05, 3.63) is 109 Å². The summed E-state index contributed by atoms with van der Waals surface area (Å²) in [5, 5.41) is 10.7. The first-order chi connectivity index (χ1) is 37.8. The number of aryl methyl sites for hydroxylation is 5. The largest absolute Gasteiger partial charge is 0.477 e. The molecular weight excluding hydrogens is 1000 g/mol. The first-order valence-corrected chi connectivity index (χ1v) is 26.0. The van der Waals surface area contributed by atoms with Gasteiger partial charge in [-0.05, 0) is 106 Å². The van der Waals surface area contributed by atoms with Crippen molar-refractivity contribution >= 4 is 67.9 Å². The Balaban J connectivity index is 0.835. The van der Waals surface area contributed by atoms with Gasteiger partial charge in [0.1, 0.15) is 42.3 Å². The number of pyridine rings is 5. The van der Waals surface area contributed by atoms with Crippen molar-refractivity contribution in [1.82, 2.24) is 48.6 Å². The zero-order valence-electron chi connectivity index (χ0n) is 43.1. The average Bonchev–Trinajstić information content (AvgIpc) is 4.49. The minimum atomic E-state index is -1.15. The molecule has 0 aliphatic heterocycles. The molecule has 398 valence electrons. The number of aromatic nitrogens is 10. The van der Waals surface area contributed by atoms with E-state index in [1.807, 2.05) is 78.2 Å². The van der Waals surface area contributed by atoms with Gasteiger partial charge in [-0.15, -0.1) is 0 Å². The zero-order chi connectivity index (χ0) is 53.9. The third kappa shape index (κ3) is 9.72. The van der Waals surface area contributed by atoms with Crippen LogP contribution in [-0.2, 0) is 54.8 Å². The van der Waals surface area contributed by atoms with Crippen LogP contribution < -0.4 is 25.4 Å². The number of carbonyl (C=O) groups excluding carboxylic acids is 3. The Morgan fingerprint density at radius 1 is 0.564 bits per heavy atom. The van der Waals surface area contributed by atoms with Crippen LogP contribution >= 0.6 is 0 Å². The lowest BCUT2D eigenvalue weighted by atomic mass is 10.0. The van der Waals surface area contributed by atoms with Gasteiger partial charge in [-0.1, -0.05) is 0 Å². The highest BCUT2D eigenvalue weighted by Gasteiger charge is 2.45. The van der Waals surface area contributed by atoms with Crippen LogP contribution in [0.3, 0.4) is 0 Å². The molecule has 3 N–H and O–H groups in total. The lowest BCUT2D eigenvalue weighted by Gasteiger charge is -2.17. The van der Waals surface area contributed by atoms with Crippen LogP contribution in [0.1, 0.15) is 49.6 Å². The molecule has 3 fully saturated rings. The van der Waals surface area contributed by atoms with Crippen LogP contribution in [0.4, 0.5) is 30.6 Å². The molecule has 78 heavy (non-hydrogen) atoms. The number of amides is 3. The lowest BCUT2D eigenvalue weighted by molar-refractivity contribution is -0.118. The normalized spacial score (nSPS) is 19.3. The molecule has 3 aliphatic rings. The van der Waals surface area contributed by atoms with E-state index in [1.165, 1.54) is 6.33 Å². The SMILES string of the molecule is CCOc1nccc(CCOc2ncnc(CCCc3ncccc3-c3cc4cc(NC(=O)C5CC5F)ncc4n3C)c2-c2cc3cc(NC(=O)C4CC4F)ncc3n2C)c1-c1cc2cc(NC(=O)C3CC3F)ncc2n1C.